The maximum absolute atomic E-state index is 9.82. The summed E-state index contributed by atoms with van der Waals surface area (Å²) < 4.78 is 12.5. The van der Waals surface area contributed by atoms with Gasteiger partial charge in [0, 0.05) is 5.92 Å². The number of nitrogens with zero attached hydrogens (tertiary/aromatic N) is 1. The summed E-state index contributed by atoms with van der Waals surface area (Å²) in [5.74, 6) is 0.542. The maximum atomic E-state index is 9.82. The van der Waals surface area contributed by atoms with Gasteiger partial charge in [0.1, 0.15) is 5.41 Å². The minimum Gasteiger partial charge on any atom is -0.351 e. The van der Waals surface area contributed by atoms with Crippen LogP contribution >= 0.6 is 0 Å². The van der Waals surface area contributed by atoms with Crippen molar-refractivity contribution in [2.24, 2.45) is 11.3 Å². The molecule has 3 atom stereocenters. The molecule has 2 rings (SSSR count). The lowest BCUT2D eigenvalue weighted by Crippen LogP contribution is -2.50. The molecule has 1 saturated heterocycles. The highest BCUT2D eigenvalue weighted by molar-refractivity contribution is 5.06. The minimum absolute atomic E-state index is 0.0599. The van der Waals surface area contributed by atoms with E-state index in [1.165, 1.54) is 32.1 Å². The first-order chi connectivity index (χ1) is 10.8. The van der Waals surface area contributed by atoms with Crippen molar-refractivity contribution in [2.75, 3.05) is 6.61 Å². The Morgan fingerprint density at radius 3 is 2.45 bits per heavy atom. The lowest BCUT2D eigenvalue weighted by Gasteiger charge is -2.45. The molecule has 22 heavy (non-hydrogen) atoms. The second-order valence-electron chi connectivity index (χ2n) is 7.22. The van der Waals surface area contributed by atoms with Crippen molar-refractivity contribution in [3.05, 3.63) is 0 Å². The van der Waals surface area contributed by atoms with Crippen LogP contribution in [-0.4, -0.2) is 19.0 Å². The Hall–Kier alpha value is -0.590. The monoisotopic (exact) mass is 307 g/mol. The van der Waals surface area contributed by atoms with Gasteiger partial charge in [0.2, 0.25) is 0 Å². The number of hydrogen-bond acceptors (Lipinski definition) is 3. The van der Waals surface area contributed by atoms with Crippen LogP contribution < -0.4 is 0 Å². The quantitative estimate of drug-likeness (QED) is 0.649. The second kappa shape index (κ2) is 8.89. The number of rotatable bonds is 7. The molecule has 0 spiro atoms. The van der Waals surface area contributed by atoms with E-state index in [0.29, 0.717) is 12.5 Å². The summed E-state index contributed by atoms with van der Waals surface area (Å²) in [5.41, 5.74) is -0.420. The molecule has 126 valence electrons. The zero-order chi connectivity index (χ0) is 15.8. The van der Waals surface area contributed by atoms with Crippen LogP contribution in [0.15, 0.2) is 0 Å². The summed E-state index contributed by atoms with van der Waals surface area (Å²) in [6, 6.07) is 2.58. The van der Waals surface area contributed by atoms with Crippen molar-refractivity contribution in [2.45, 2.75) is 96.9 Å². The van der Waals surface area contributed by atoms with Gasteiger partial charge >= 0.3 is 0 Å². The van der Waals surface area contributed by atoms with Crippen LogP contribution in [-0.2, 0) is 9.47 Å². The largest absolute Gasteiger partial charge is 0.351 e. The SMILES string of the molecule is CCCCC1OC(C2CCCCC2)OCC1(C#N)CCCC. The Kier molecular flexibility index (Phi) is 7.18. The fourth-order valence-electron chi connectivity index (χ4n) is 3.93. The van der Waals surface area contributed by atoms with Gasteiger partial charge in [-0.15, -0.1) is 0 Å². The molecule has 3 heteroatoms. The van der Waals surface area contributed by atoms with Gasteiger partial charge < -0.3 is 9.47 Å². The minimum atomic E-state index is -0.420. The van der Waals surface area contributed by atoms with E-state index in [0.717, 1.165) is 38.5 Å². The molecule has 2 aliphatic rings. The average Bonchev–Trinajstić information content (AvgIpc) is 2.59. The van der Waals surface area contributed by atoms with E-state index in [1.54, 1.807) is 0 Å². The highest BCUT2D eigenvalue weighted by Crippen LogP contribution is 2.41. The molecule has 0 N–H and O–H groups in total. The summed E-state index contributed by atoms with van der Waals surface area (Å²) in [6.07, 6.45) is 12.8. The van der Waals surface area contributed by atoms with Crippen molar-refractivity contribution in [3.8, 4) is 6.07 Å². The first-order valence-electron chi connectivity index (χ1n) is 9.44. The van der Waals surface area contributed by atoms with Crippen LogP contribution in [0.1, 0.15) is 84.5 Å². The van der Waals surface area contributed by atoms with Gasteiger partial charge in [-0.3, -0.25) is 0 Å². The Bertz CT molecular complexity index is 359. The van der Waals surface area contributed by atoms with Crippen LogP contribution in [0.4, 0.5) is 0 Å². The normalized spacial score (nSPS) is 33.5. The van der Waals surface area contributed by atoms with Crippen LogP contribution in [0.25, 0.3) is 0 Å². The van der Waals surface area contributed by atoms with Crippen LogP contribution in [0.5, 0.6) is 0 Å². The first kappa shape index (κ1) is 17.8. The maximum Gasteiger partial charge on any atom is 0.160 e. The fourth-order valence-corrected chi connectivity index (χ4v) is 3.93. The Morgan fingerprint density at radius 2 is 1.82 bits per heavy atom. The Balaban J connectivity index is 2.04. The third kappa shape index (κ3) is 4.24. The molecule has 0 aromatic heterocycles. The van der Waals surface area contributed by atoms with Gasteiger partial charge in [-0.1, -0.05) is 58.8 Å². The van der Waals surface area contributed by atoms with Gasteiger partial charge in [-0.25, -0.2) is 0 Å². The Labute approximate surface area is 136 Å². The van der Waals surface area contributed by atoms with Crippen LogP contribution in [0.2, 0.25) is 0 Å². The van der Waals surface area contributed by atoms with E-state index in [1.807, 2.05) is 0 Å². The zero-order valence-electron chi connectivity index (χ0n) is 14.5. The predicted molar refractivity (Wildman–Crippen MR) is 88.3 cm³/mol. The third-order valence-corrected chi connectivity index (χ3v) is 5.47. The van der Waals surface area contributed by atoms with Crippen molar-refractivity contribution >= 4 is 0 Å². The van der Waals surface area contributed by atoms with Crippen molar-refractivity contribution in [1.29, 1.82) is 5.26 Å². The lowest BCUT2D eigenvalue weighted by atomic mass is 9.76. The predicted octanol–water partition coefficient (Wildman–Crippen LogP) is 5.20. The molecule has 0 bridgehead atoms. The average molecular weight is 307 g/mol. The third-order valence-electron chi connectivity index (χ3n) is 5.47. The van der Waals surface area contributed by atoms with Crippen molar-refractivity contribution < 1.29 is 9.47 Å². The van der Waals surface area contributed by atoms with E-state index in [4.69, 9.17) is 9.47 Å². The molecule has 2 fully saturated rings. The van der Waals surface area contributed by atoms with Crippen molar-refractivity contribution in [3.63, 3.8) is 0 Å². The number of hydrogen-bond donors (Lipinski definition) is 0. The standard InChI is InChI=1S/C19H33NO2/c1-3-5-12-17-19(14-20,13-6-4-2)15-21-18(22-17)16-10-8-7-9-11-16/h16-18H,3-13,15H2,1-2H3. The lowest BCUT2D eigenvalue weighted by molar-refractivity contribution is -0.278. The molecule has 0 radical (unpaired) electrons. The summed E-state index contributed by atoms with van der Waals surface area (Å²) >= 11 is 0. The molecular weight excluding hydrogens is 274 g/mol. The number of nitriles is 1. The van der Waals surface area contributed by atoms with E-state index in [9.17, 15) is 5.26 Å². The highest BCUT2D eigenvalue weighted by atomic mass is 16.7. The van der Waals surface area contributed by atoms with E-state index in [2.05, 4.69) is 19.9 Å². The van der Waals surface area contributed by atoms with E-state index < -0.39 is 5.41 Å². The molecular formula is C19H33NO2. The molecule has 1 heterocycles. The van der Waals surface area contributed by atoms with Crippen LogP contribution in [0.3, 0.4) is 0 Å². The summed E-state index contributed by atoms with van der Waals surface area (Å²) in [6.45, 7) is 4.96. The molecule has 1 saturated carbocycles. The number of ether oxygens (including phenoxy) is 2. The zero-order valence-corrected chi connectivity index (χ0v) is 14.5. The fraction of sp³-hybridized carbons (Fsp3) is 0.947. The summed E-state index contributed by atoms with van der Waals surface area (Å²) in [4.78, 5) is 0. The number of unbranched alkanes of at least 4 members (excludes halogenated alkanes) is 2. The Morgan fingerprint density at radius 1 is 1.09 bits per heavy atom. The van der Waals surface area contributed by atoms with Gasteiger partial charge in [0.15, 0.2) is 6.29 Å². The molecule has 1 aliphatic heterocycles. The van der Waals surface area contributed by atoms with Gasteiger partial charge in [0.05, 0.1) is 18.8 Å². The molecule has 0 amide bonds. The smallest absolute Gasteiger partial charge is 0.160 e. The molecule has 1 aliphatic carbocycles. The summed E-state index contributed by atoms with van der Waals surface area (Å²) in [7, 11) is 0. The van der Waals surface area contributed by atoms with Gasteiger partial charge in [0.25, 0.3) is 0 Å². The van der Waals surface area contributed by atoms with E-state index >= 15 is 0 Å². The summed E-state index contributed by atoms with van der Waals surface area (Å²) in [5, 5.41) is 9.82. The second-order valence-corrected chi connectivity index (χ2v) is 7.22. The molecule has 0 aromatic rings. The molecule has 0 aromatic carbocycles. The molecule has 3 nitrogen and oxygen atoms in total. The van der Waals surface area contributed by atoms with Gasteiger partial charge in [-0.05, 0) is 25.7 Å². The van der Waals surface area contributed by atoms with Crippen molar-refractivity contribution in [1.82, 2.24) is 0 Å². The van der Waals surface area contributed by atoms with Crippen LogP contribution in [0, 0.1) is 22.7 Å². The van der Waals surface area contributed by atoms with E-state index in [-0.39, 0.29) is 12.4 Å². The van der Waals surface area contributed by atoms with Gasteiger partial charge in [-0.2, -0.15) is 5.26 Å². The molecule has 3 unspecified atom stereocenters. The topological polar surface area (TPSA) is 42.2 Å². The highest BCUT2D eigenvalue weighted by Gasteiger charge is 2.46. The first-order valence-corrected chi connectivity index (χ1v) is 9.44.